The molecule has 5 heteroatoms. The van der Waals surface area contributed by atoms with Crippen LogP contribution >= 0.6 is 0 Å². The highest BCUT2D eigenvalue weighted by Gasteiger charge is 2.20. The van der Waals surface area contributed by atoms with E-state index in [0.29, 0.717) is 23.5 Å². The van der Waals surface area contributed by atoms with Gasteiger partial charge in [0.25, 0.3) is 6.01 Å². The normalized spacial score (nSPS) is 16.2. The van der Waals surface area contributed by atoms with Gasteiger partial charge in [0.2, 0.25) is 5.78 Å². The third-order valence-corrected chi connectivity index (χ3v) is 3.23. The number of aryl methyl sites for hydroxylation is 1. The summed E-state index contributed by atoms with van der Waals surface area (Å²) in [6.07, 6.45) is 7.97. The van der Waals surface area contributed by atoms with Crippen molar-refractivity contribution >= 4 is 11.8 Å². The number of hydrogen-bond donors (Lipinski definition) is 1. The summed E-state index contributed by atoms with van der Waals surface area (Å²) in [6, 6.07) is 0.893. The molecule has 1 heterocycles. The predicted octanol–water partition coefficient (Wildman–Crippen LogP) is 2.60. The van der Waals surface area contributed by atoms with Crippen molar-refractivity contribution in [3.05, 3.63) is 23.7 Å². The summed E-state index contributed by atoms with van der Waals surface area (Å²) in [5, 5.41) is 3.26. The van der Waals surface area contributed by atoms with Crippen LogP contribution in [-0.2, 0) is 0 Å². The summed E-state index contributed by atoms with van der Waals surface area (Å²) < 4.78 is 5.53. The second-order valence-corrected chi connectivity index (χ2v) is 5.20. The van der Waals surface area contributed by atoms with Crippen LogP contribution in [0.3, 0.4) is 0 Å². The molecular formula is C14H21N3O2. The number of allylic oxidation sites excluding steroid dienone is 1. The van der Waals surface area contributed by atoms with Crippen molar-refractivity contribution in [1.29, 1.82) is 0 Å². The topological polar surface area (TPSA) is 58.4 Å². The number of rotatable bonds is 5. The Morgan fingerprint density at radius 2 is 2.11 bits per heavy atom. The molecule has 1 N–H and O–H groups in total. The molecule has 0 aromatic carbocycles. The van der Waals surface area contributed by atoms with Gasteiger partial charge in [0.1, 0.15) is 0 Å². The lowest BCUT2D eigenvalue weighted by molar-refractivity contribution is 0.102. The van der Waals surface area contributed by atoms with Crippen LogP contribution in [0, 0.1) is 6.92 Å². The van der Waals surface area contributed by atoms with E-state index < -0.39 is 0 Å². The Hall–Kier alpha value is -1.78. The summed E-state index contributed by atoms with van der Waals surface area (Å²) in [5.41, 5.74) is 0.633. The van der Waals surface area contributed by atoms with Gasteiger partial charge in [-0.25, -0.2) is 0 Å². The SMILES string of the molecule is Cc1nc(NC2CCCC2)oc1C(=O)/C=C/N(C)C. The highest BCUT2D eigenvalue weighted by molar-refractivity contribution is 6.03. The molecule has 1 aromatic heterocycles. The third-order valence-electron chi connectivity index (χ3n) is 3.23. The minimum atomic E-state index is -0.154. The maximum absolute atomic E-state index is 11.9. The summed E-state index contributed by atoms with van der Waals surface area (Å²) >= 11 is 0. The van der Waals surface area contributed by atoms with Crippen molar-refractivity contribution < 1.29 is 9.21 Å². The number of carbonyl (C=O) groups excluding carboxylic acids is 1. The number of anilines is 1. The molecule has 19 heavy (non-hydrogen) atoms. The Labute approximate surface area is 113 Å². The highest BCUT2D eigenvalue weighted by Crippen LogP contribution is 2.23. The van der Waals surface area contributed by atoms with Crippen LogP contribution in [0.2, 0.25) is 0 Å². The number of oxazole rings is 1. The van der Waals surface area contributed by atoms with Gasteiger partial charge in [-0.05, 0) is 19.8 Å². The number of carbonyl (C=O) groups is 1. The second-order valence-electron chi connectivity index (χ2n) is 5.20. The Morgan fingerprint density at radius 3 is 2.74 bits per heavy atom. The zero-order valence-corrected chi connectivity index (χ0v) is 11.8. The molecule has 104 valence electrons. The number of hydrogen-bond acceptors (Lipinski definition) is 5. The smallest absolute Gasteiger partial charge is 0.295 e. The Morgan fingerprint density at radius 1 is 1.42 bits per heavy atom. The predicted molar refractivity (Wildman–Crippen MR) is 74.3 cm³/mol. The third kappa shape index (κ3) is 3.59. The van der Waals surface area contributed by atoms with Crippen LogP contribution < -0.4 is 5.32 Å². The summed E-state index contributed by atoms with van der Waals surface area (Å²) in [5.74, 6) is 0.164. The molecule has 0 bridgehead atoms. The lowest BCUT2D eigenvalue weighted by atomic mass is 10.2. The monoisotopic (exact) mass is 263 g/mol. The van der Waals surface area contributed by atoms with Gasteiger partial charge >= 0.3 is 0 Å². The van der Waals surface area contributed by atoms with Crippen molar-refractivity contribution in [2.24, 2.45) is 0 Å². The first-order valence-electron chi connectivity index (χ1n) is 6.69. The standard InChI is InChI=1S/C14H21N3O2/c1-10-13(12(18)8-9-17(2)3)19-14(15-10)16-11-6-4-5-7-11/h8-9,11H,4-7H2,1-3H3,(H,15,16)/b9-8+. The van der Waals surface area contributed by atoms with Gasteiger partial charge in [-0.3, -0.25) is 4.79 Å². The molecule has 1 aliphatic carbocycles. The fourth-order valence-corrected chi connectivity index (χ4v) is 2.22. The molecule has 1 aromatic rings. The molecule has 0 unspecified atom stereocenters. The zero-order chi connectivity index (χ0) is 13.8. The summed E-state index contributed by atoms with van der Waals surface area (Å²) in [4.78, 5) is 18.0. The van der Waals surface area contributed by atoms with Crippen LogP contribution in [0.4, 0.5) is 6.01 Å². The first-order valence-corrected chi connectivity index (χ1v) is 6.69. The van der Waals surface area contributed by atoms with Gasteiger partial charge < -0.3 is 14.6 Å². The van der Waals surface area contributed by atoms with Crippen molar-refractivity contribution in [2.45, 2.75) is 38.6 Å². The Balaban J connectivity index is 2.05. The summed E-state index contributed by atoms with van der Waals surface area (Å²) in [7, 11) is 3.73. The Kier molecular flexibility index (Phi) is 4.24. The molecule has 1 aliphatic rings. The molecular weight excluding hydrogens is 242 g/mol. The summed E-state index contributed by atoms with van der Waals surface area (Å²) in [6.45, 7) is 1.79. The Bertz CT molecular complexity index is 471. The molecule has 0 amide bonds. The van der Waals surface area contributed by atoms with E-state index >= 15 is 0 Å². The van der Waals surface area contributed by atoms with E-state index in [0.717, 1.165) is 12.8 Å². The van der Waals surface area contributed by atoms with E-state index in [9.17, 15) is 4.79 Å². The van der Waals surface area contributed by atoms with Crippen molar-refractivity contribution in [3.8, 4) is 0 Å². The molecule has 1 fully saturated rings. The molecule has 0 saturated heterocycles. The molecule has 0 aliphatic heterocycles. The fraction of sp³-hybridized carbons (Fsp3) is 0.571. The zero-order valence-electron chi connectivity index (χ0n) is 11.8. The highest BCUT2D eigenvalue weighted by atomic mass is 16.4. The van der Waals surface area contributed by atoms with Gasteiger partial charge in [0.15, 0.2) is 5.76 Å². The van der Waals surface area contributed by atoms with Crippen LogP contribution in [-0.4, -0.2) is 35.8 Å². The van der Waals surface area contributed by atoms with Gasteiger partial charge in [0, 0.05) is 32.4 Å². The van der Waals surface area contributed by atoms with E-state index in [1.165, 1.54) is 18.9 Å². The van der Waals surface area contributed by atoms with E-state index in [1.54, 1.807) is 18.0 Å². The van der Waals surface area contributed by atoms with E-state index in [1.807, 2.05) is 14.1 Å². The van der Waals surface area contributed by atoms with E-state index in [4.69, 9.17) is 4.42 Å². The van der Waals surface area contributed by atoms with Crippen LogP contribution in [0.25, 0.3) is 0 Å². The van der Waals surface area contributed by atoms with Gasteiger partial charge in [-0.1, -0.05) is 12.8 Å². The number of nitrogens with one attached hydrogen (secondary N) is 1. The number of nitrogens with zero attached hydrogens (tertiary/aromatic N) is 2. The van der Waals surface area contributed by atoms with E-state index in [2.05, 4.69) is 10.3 Å². The van der Waals surface area contributed by atoms with Crippen molar-refractivity contribution in [3.63, 3.8) is 0 Å². The quantitative estimate of drug-likeness (QED) is 0.653. The number of ketones is 1. The first-order chi connectivity index (χ1) is 9.06. The van der Waals surface area contributed by atoms with Crippen molar-refractivity contribution in [2.75, 3.05) is 19.4 Å². The van der Waals surface area contributed by atoms with Crippen molar-refractivity contribution in [1.82, 2.24) is 9.88 Å². The fourth-order valence-electron chi connectivity index (χ4n) is 2.22. The number of aromatic nitrogens is 1. The van der Waals surface area contributed by atoms with Crippen LogP contribution in [0.5, 0.6) is 0 Å². The lowest BCUT2D eigenvalue weighted by Crippen LogP contribution is -2.14. The van der Waals surface area contributed by atoms with Gasteiger partial charge in [-0.15, -0.1) is 0 Å². The molecule has 0 spiro atoms. The van der Waals surface area contributed by atoms with Gasteiger partial charge in [-0.2, -0.15) is 4.98 Å². The maximum atomic E-state index is 11.9. The molecule has 0 atom stereocenters. The minimum absolute atomic E-state index is 0.154. The second kappa shape index (κ2) is 5.91. The van der Waals surface area contributed by atoms with Crippen LogP contribution in [0.15, 0.2) is 16.7 Å². The minimum Gasteiger partial charge on any atom is -0.420 e. The molecule has 1 saturated carbocycles. The molecule has 5 nitrogen and oxygen atoms in total. The van der Waals surface area contributed by atoms with E-state index in [-0.39, 0.29) is 5.78 Å². The van der Waals surface area contributed by atoms with Gasteiger partial charge in [0.05, 0.1) is 5.69 Å². The maximum Gasteiger partial charge on any atom is 0.295 e. The van der Waals surface area contributed by atoms with Crippen LogP contribution in [0.1, 0.15) is 41.9 Å². The first kappa shape index (κ1) is 13.6. The average Bonchev–Trinajstić information content (AvgIpc) is 2.96. The average molecular weight is 263 g/mol. The largest absolute Gasteiger partial charge is 0.420 e. The molecule has 2 rings (SSSR count). The lowest BCUT2D eigenvalue weighted by Gasteiger charge is -2.08. The molecule has 0 radical (unpaired) electrons.